The molecule has 5 nitrogen and oxygen atoms in total. The summed E-state index contributed by atoms with van der Waals surface area (Å²) in [4.78, 5) is 14.9. The van der Waals surface area contributed by atoms with Crippen LogP contribution < -0.4 is 10.6 Å². The molecule has 1 aromatic rings. The lowest BCUT2D eigenvalue weighted by atomic mass is 10.0. The van der Waals surface area contributed by atoms with Crippen molar-refractivity contribution >= 4 is 17.8 Å². The average Bonchev–Trinajstić information content (AvgIpc) is 2.68. The summed E-state index contributed by atoms with van der Waals surface area (Å²) in [6.45, 7) is 1.83. The van der Waals surface area contributed by atoms with Crippen molar-refractivity contribution in [2.45, 2.75) is 43.8 Å². The summed E-state index contributed by atoms with van der Waals surface area (Å²) < 4.78 is 13.0. The molecule has 0 bridgehead atoms. The molecule has 144 valence electrons. The number of piperidine rings is 1. The van der Waals surface area contributed by atoms with E-state index >= 15 is 0 Å². The number of aliphatic hydroxyl groups excluding tert-OH is 1. The standard InChI is InChI=1S/C19H28FN3O2S/c20-15-3-1-14(2-4-15)18(13-24)22-19(25)21-16-5-9-23(10-6-16)17-7-11-26-12-8-17/h1-4,16-18,24H,5-13H2,(H2,21,22,25)/t18-/m1/s1. The van der Waals surface area contributed by atoms with Crippen molar-refractivity contribution in [3.05, 3.63) is 35.6 Å². The van der Waals surface area contributed by atoms with Crippen molar-refractivity contribution in [1.29, 1.82) is 0 Å². The van der Waals surface area contributed by atoms with Crippen LogP contribution in [0.3, 0.4) is 0 Å². The van der Waals surface area contributed by atoms with Gasteiger partial charge in [0, 0.05) is 25.2 Å². The third-order valence-electron chi connectivity index (χ3n) is 5.33. The van der Waals surface area contributed by atoms with Gasteiger partial charge < -0.3 is 20.6 Å². The molecule has 2 amide bonds. The second kappa shape index (κ2) is 9.58. The van der Waals surface area contributed by atoms with Crippen LogP contribution in [0.5, 0.6) is 0 Å². The van der Waals surface area contributed by atoms with Gasteiger partial charge in [-0.25, -0.2) is 9.18 Å². The molecule has 2 aliphatic heterocycles. The third kappa shape index (κ3) is 5.34. The van der Waals surface area contributed by atoms with E-state index in [1.807, 2.05) is 11.8 Å². The molecule has 7 heteroatoms. The Morgan fingerprint density at radius 2 is 1.85 bits per heavy atom. The molecule has 3 N–H and O–H groups in total. The van der Waals surface area contributed by atoms with Crippen LogP contribution in [-0.4, -0.2) is 59.3 Å². The average molecular weight is 382 g/mol. The van der Waals surface area contributed by atoms with Gasteiger partial charge in [0.15, 0.2) is 0 Å². The minimum absolute atomic E-state index is 0.164. The lowest BCUT2D eigenvalue weighted by Crippen LogP contribution is -2.51. The van der Waals surface area contributed by atoms with Crippen LogP contribution in [0.15, 0.2) is 24.3 Å². The maximum Gasteiger partial charge on any atom is 0.315 e. The normalized spacial score (nSPS) is 21.3. The molecule has 1 aromatic carbocycles. The van der Waals surface area contributed by atoms with Crippen LogP contribution in [0.25, 0.3) is 0 Å². The Labute approximate surface area is 158 Å². The Bertz CT molecular complexity index is 573. The first-order valence-corrected chi connectivity index (χ1v) is 10.6. The maximum atomic E-state index is 13.0. The number of thioether (sulfide) groups is 1. The first-order valence-electron chi connectivity index (χ1n) is 9.41. The SMILES string of the molecule is O=C(NC1CCN(C2CCSCC2)CC1)N[C@H](CO)c1ccc(F)cc1. The molecule has 0 aliphatic carbocycles. The Kier molecular flexibility index (Phi) is 7.16. The van der Waals surface area contributed by atoms with Crippen molar-refractivity contribution in [2.24, 2.45) is 0 Å². The van der Waals surface area contributed by atoms with Crippen molar-refractivity contribution in [2.75, 3.05) is 31.2 Å². The van der Waals surface area contributed by atoms with Crippen LogP contribution >= 0.6 is 11.8 Å². The second-order valence-corrected chi connectivity index (χ2v) is 8.28. The largest absolute Gasteiger partial charge is 0.394 e. The van der Waals surface area contributed by atoms with E-state index in [9.17, 15) is 14.3 Å². The number of carbonyl (C=O) groups is 1. The van der Waals surface area contributed by atoms with Gasteiger partial charge in [-0.2, -0.15) is 11.8 Å². The van der Waals surface area contributed by atoms with Crippen LogP contribution in [0.2, 0.25) is 0 Å². The molecule has 0 spiro atoms. The molecule has 0 radical (unpaired) electrons. The molecule has 0 saturated carbocycles. The summed E-state index contributed by atoms with van der Waals surface area (Å²) in [7, 11) is 0. The Hall–Kier alpha value is -1.31. The number of rotatable bonds is 5. The molecule has 0 aromatic heterocycles. The highest BCUT2D eigenvalue weighted by atomic mass is 32.2. The Morgan fingerprint density at radius 1 is 1.19 bits per heavy atom. The summed E-state index contributed by atoms with van der Waals surface area (Å²) in [5.74, 6) is 2.19. The minimum atomic E-state index is -0.532. The number of aliphatic hydroxyl groups is 1. The van der Waals surface area contributed by atoms with Gasteiger partial charge in [-0.1, -0.05) is 12.1 Å². The lowest BCUT2D eigenvalue weighted by Gasteiger charge is -2.39. The fraction of sp³-hybridized carbons (Fsp3) is 0.632. The predicted octanol–water partition coefficient (Wildman–Crippen LogP) is 2.52. The van der Waals surface area contributed by atoms with Gasteiger partial charge in [-0.15, -0.1) is 0 Å². The number of likely N-dealkylation sites (tertiary alicyclic amines) is 1. The summed E-state index contributed by atoms with van der Waals surface area (Å²) in [6.07, 6.45) is 4.47. The fourth-order valence-electron chi connectivity index (χ4n) is 3.77. The third-order valence-corrected chi connectivity index (χ3v) is 6.38. The summed E-state index contributed by atoms with van der Waals surface area (Å²) in [6, 6.07) is 5.89. The van der Waals surface area contributed by atoms with Crippen LogP contribution in [0.1, 0.15) is 37.3 Å². The number of halogens is 1. The van der Waals surface area contributed by atoms with E-state index in [1.165, 1.54) is 36.5 Å². The molecule has 2 aliphatic rings. The van der Waals surface area contributed by atoms with Crippen LogP contribution in [0, 0.1) is 5.82 Å². The van der Waals surface area contributed by atoms with Crippen LogP contribution in [-0.2, 0) is 0 Å². The molecule has 3 rings (SSSR count). The minimum Gasteiger partial charge on any atom is -0.394 e. The number of hydrogen-bond donors (Lipinski definition) is 3. The topological polar surface area (TPSA) is 64.6 Å². The van der Waals surface area contributed by atoms with E-state index < -0.39 is 6.04 Å². The number of benzene rings is 1. The molecule has 0 unspecified atom stereocenters. The van der Waals surface area contributed by atoms with E-state index in [2.05, 4.69) is 15.5 Å². The first kappa shape index (κ1) is 19.5. The Balaban J connectivity index is 1.44. The molecular weight excluding hydrogens is 353 g/mol. The van der Waals surface area contributed by atoms with E-state index in [0.717, 1.165) is 25.9 Å². The molecule has 2 heterocycles. The Morgan fingerprint density at radius 3 is 2.46 bits per heavy atom. The monoisotopic (exact) mass is 381 g/mol. The van der Waals surface area contributed by atoms with E-state index in [1.54, 1.807) is 12.1 Å². The van der Waals surface area contributed by atoms with E-state index in [0.29, 0.717) is 11.6 Å². The number of hydrogen-bond acceptors (Lipinski definition) is 4. The van der Waals surface area contributed by atoms with Gasteiger partial charge in [0.25, 0.3) is 0 Å². The van der Waals surface area contributed by atoms with Crippen molar-refractivity contribution < 1.29 is 14.3 Å². The zero-order chi connectivity index (χ0) is 18.4. The van der Waals surface area contributed by atoms with Crippen molar-refractivity contribution in [1.82, 2.24) is 15.5 Å². The number of urea groups is 1. The number of amides is 2. The van der Waals surface area contributed by atoms with Crippen molar-refractivity contribution in [3.63, 3.8) is 0 Å². The molecule has 2 fully saturated rings. The highest BCUT2D eigenvalue weighted by Crippen LogP contribution is 2.24. The molecule has 26 heavy (non-hydrogen) atoms. The summed E-state index contributed by atoms with van der Waals surface area (Å²) in [5.41, 5.74) is 0.689. The van der Waals surface area contributed by atoms with Crippen LogP contribution in [0.4, 0.5) is 9.18 Å². The van der Waals surface area contributed by atoms with Gasteiger partial charge in [0.1, 0.15) is 5.82 Å². The molecule has 1 atom stereocenters. The maximum absolute atomic E-state index is 13.0. The van der Waals surface area contributed by atoms with Gasteiger partial charge in [0.05, 0.1) is 12.6 Å². The van der Waals surface area contributed by atoms with E-state index in [-0.39, 0.29) is 24.5 Å². The summed E-state index contributed by atoms with van der Waals surface area (Å²) >= 11 is 2.05. The smallest absolute Gasteiger partial charge is 0.315 e. The fourth-order valence-corrected chi connectivity index (χ4v) is 4.86. The molecular formula is C19H28FN3O2S. The highest BCUT2D eigenvalue weighted by Gasteiger charge is 2.27. The zero-order valence-electron chi connectivity index (χ0n) is 15.0. The highest BCUT2D eigenvalue weighted by molar-refractivity contribution is 7.99. The molecule has 2 saturated heterocycles. The van der Waals surface area contributed by atoms with Gasteiger partial charge >= 0.3 is 6.03 Å². The van der Waals surface area contributed by atoms with E-state index in [4.69, 9.17) is 0 Å². The zero-order valence-corrected chi connectivity index (χ0v) is 15.8. The van der Waals surface area contributed by atoms with Gasteiger partial charge in [0.2, 0.25) is 0 Å². The van der Waals surface area contributed by atoms with Gasteiger partial charge in [-0.05, 0) is 54.9 Å². The summed E-state index contributed by atoms with van der Waals surface area (Å²) in [5, 5.41) is 15.3. The number of nitrogens with zero attached hydrogens (tertiary/aromatic N) is 1. The number of nitrogens with one attached hydrogen (secondary N) is 2. The predicted molar refractivity (Wildman–Crippen MR) is 103 cm³/mol. The van der Waals surface area contributed by atoms with Crippen molar-refractivity contribution in [3.8, 4) is 0 Å². The first-order chi connectivity index (χ1) is 12.7. The quantitative estimate of drug-likeness (QED) is 0.733. The van der Waals surface area contributed by atoms with Gasteiger partial charge in [-0.3, -0.25) is 0 Å². The number of carbonyl (C=O) groups excluding carboxylic acids is 1. The lowest BCUT2D eigenvalue weighted by molar-refractivity contribution is 0.136. The second-order valence-electron chi connectivity index (χ2n) is 7.06.